The van der Waals surface area contributed by atoms with Gasteiger partial charge in [0.25, 0.3) is 0 Å². The highest BCUT2D eigenvalue weighted by atomic mass is 16.3. The van der Waals surface area contributed by atoms with E-state index in [1.54, 1.807) is 24.3 Å². The number of hydrogen-bond acceptors (Lipinski definition) is 5. The van der Waals surface area contributed by atoms with Gasteiger partial charge < -0.3 is 14.7 Å². The molecular formula is C32H27N3O3. The third kappa shape index (κ3) is 3.68. The second-order valence-corrected chi connectivity index (χ2v) is 10.2. The van der Waals surface area contributed by atoms with Crippen LogP contribution in [0.5, 0.6) is 0 Å². The van der Waals surface area contributed by atoms with E-state index in [9.17, 15) is 9.59 Å². The molecule has 1 aromatic heterocycles. The normalized spacial score (nSPS) is 13.9. The number of benzene rings is 5. The first-order chi connectivity index (χ1) is 18.6. The van der Waals surface area contributed by atoms with Gasteiger partial charge in [0.05, 0.1) is 27.5 Å². The molecule has 0 bridgehead atoms. The van der Waals surface area contributed by atoms with Crippen LogP contribution in [0.15, 0.2) is 86.8 Å². The molecular weight excluding hydrogens is 474 g/mol. The number of nitrogens with zero attached hydrogens (tertiary/aromatic N) is 1. The van der Waals surface area contributed by atoms with Crippen molar-refractivity contribution in [3.63, 3.8) is 0 Å². The number of fused-ring (bicyclic) bond motifs is 6. The number of hydrogen-bond donors (Lipinski definition) is 2. The Morgan fingerprint density at radius 1 is 0.868 bits per heavy atom. The van der Waals surface area contributed by atoms with E-state index >= 15 is 0 Å². The summed E-state index contributed by atoms with van der Waals surface area (Å²) < 4.78 is 6.27. The van der Waals surface area contributed by atoms with Crippen LogP contribution in [0.2, 0.25) is 0 Å². The molecule has 7 rings (SSSR count). The van der Waals surface area contributed by atoms with Crippen molar-refractivity contribution in [1.29, 1.82) is 0 Å². The first-order valence-electron chi connectivity index (χ1n) is 13.0. The molecule has 0 fully saturated rings. The minimum atomic E-state index is -0.171. The summed E-state index contributed by atoms with van der Waals surface area (Å²) in [5.74, 6) is 0. The third-order valence-corrected chi connectivity index (χ3v) is 7.73. The molecule has 2 heterocycles. The average molecular weight is 502 g/mol. The molecule has 38 heavy (non-hydrogen) atoms. The van der Waals surface area contributed by atoms with Gasteiger partial charge in [-0.1, -0.05) is 54.6 Å². The minimum absolute atomic E-state index is 0.149. The Labute approximate surface area is 218 Å². The van der Waals surface area contributed by atoms with Crippen molar-refractivity contribution in [2.75, 3.05) is 25.0 Å². The van der Waals surface area contributed by atoms with Crippen LogP contribution >= 0.6 is 0 Å². The van der Waals surface area contributed by atoms with E-state index in [2.05, 4.69) is 39.5 Å². The molecule has 1 aliphatic heterocycles. The van der Waals surface area contributed by atoms with Crippen LogP contribution in [0.25, 0.3) is 43.7 Å². The molecule has 5 aromatic carbocycles. The summed E-state index contributed by atoms with van der Waals surface area (Å²) in [6, 6.07) is 23.4. The zero-order chi connectivity index (χ0) is 25.8. The molecule has 6 aromatic rings. The Balaban J connectivity index is 1.35. The van der Waals surface area contributed by atoms with Crippen molar-refractivity contribution in [1.82, 2.24) is 9.88 Å². The standard InChI is InChI=1S/C32H27N3O3/c1-19-10-11-26-24(16-19)34-30-27(38-26)17-25(28-29(30)32(37)23-9-5-4-8-22(23)31(28)36)33-13-15-35-14-12-20-6-2-3-7-21(20)18-35/h2-11,16-17,33-34H,12-15,18H2,1H3. The number of H-pyrrole nitrogens is 1. The highest BCUT2D eigenvalue weighted by Crippen LogP contribution is 2.31. The SMILES string of the molecule is Cc1ccc2oc3cc(NCCN4CCc5ccccc5C4)c4c(=O)c5ccccc5c(=O)c4c3[nH]c2c1. The Morgan fingerprint density at radius 2 is 1.61 bits per heavy atom. The van der Waals surface area contributed by atoms with Crippen molar-refractivity contribution < 1.29 is 4.42 Å². The fraction of sp³-hybridized carbons (Fsp3) is 0.188. The van der Waals surface area contributed by atoms with Gasteiger partial charge in [0.1, 0.15) is 0 Å². The topological polar surface area (TPSA) is 78.3 Å². The van der Waals surface area contributed by atoms with Crippen LogP contribution < -0.4 is 16.2 Å². The molecule has 2 N–H and O–H groups in total. The Kier molecular flexibility index (Phi) is 5.30. The third-order valence-electron chi connectivity index (χ3n) is 7.73. The smallest absolute Gasteiger partial charge is 0.196 e. The maximum atomic E-state index is 13.8. The van der Waals surface area contributed by atoms with Gasteiger partial charge in [-0.05, 0) is 42.2 Å². The van der Waals surface area contributed by atoms with Gasteiger partial charge >= 0.3 is 0 Å². The molecule has 6 heteroatoms. The number of rotatable bonds is 4. The second-order valence-electron chi connectivity index (χ2n) is 10.2. The number of anilines is 1. The average Bonchev–Trinajstić information content (AvgIpc) is 2.94. The van der Waals surface area contributed by atoms with E-state index in [1.807, 2.05) is 31.2 Å². The van der Waals surface area contributed by atoms with E-state index in [4.69, 9.17) is 4.42 Å². The summed E-state index contributed by atoms with van der Waals surface area (Å²) in [5, 5.41) is 5.12. The molecule has 1 aliphatic rings. The van der Waals surface area contributed by atoms with Gasteiger partial charge in [0.15, 0.2) is 22.0 Å². The van der Waals surface area contributed by atoms with Crippen LogP contribution in [0.1, 0.15) is 16.7 Å². The van der Waals surface area contributed by atoms with Crippen LogP contribution in [-0.4, -0.2) is 29.5 Å². The van der Waals surface area contributed by atoms with E-state index in [0.717, 1.165) is 37.1 Å². The minimum Gasteiger partial charge on any atom is -0.453 e. The molecule has 0 saturated carbocycles. The summed E-state index contributed by atoms with van der Waals surface area (Å²) in [5.41, 5.74) is 6.73. The lowest BCUT2D eigenvalue weighted by atomic mass is 9.99. The van der Waals surface area contributed by atoms with E-state index in [1.165, 1.54) is 11.1 Å². The predicted molar refractivity (Wildman–Crippen MR) is 154 cm³/mol. The van der Waals surface area contributed by atoms with Gasteiger partial charge in [0, 0.05) is 43.0 Å². The van der Waals surface area contributed by atoms with Crippen LogP contribution in [0, 0.1) is 6.92 Å². The Morgan fingerprint density at radius 3 is 2.42 bits per heavy atom. The summed E-state index contributed by atoms with van der Waals surface area (Å²) in [6.45, 7) is 5.37. The number of aryl methyl sites for hydroxylation is 1. The van der Waals surface area contributed by atoms with E-state index in [0.29, 0.717) is 50.5 Å². The van der Waals surface area contributed by atoms with Gasteiger partial charge in [-0.2, -0.15) is 0 Å². The first kappa shape index (κ1) is 22.8. The highest BCUT2D eigenvalue weighted by molar-refractivity contribution is 6.14. The summed E-state index contributed by atoms with van der Waals surface area (Å²) in [7, 11) is 0. The lowest BCUT2D eigenvalue weighted by Gasteiger charge is -2.28. The molecule has 0 spiro atoms. The van der Waals surface area contributed by atoms with E-state index in [-0.39, 0.29) is 10.9 Å². The van der Waals surface area contributed by atoms with Crippen LogP contribution in [-0.2, 0) is 13.0 Å². The fourth-order valence-electron chi connectivity index (χ4n) is 5.79. The number of nitrogens with one attached hydrogen (secondary N) is 2. The Bertz CT molecular complexity index is 2000. The molecule has 0 radical (unpaired) electrons. The van der Waals surface area contributed by atoms with Crippen LogP contribution in [0.3, 0.4) is 0 Å². The number of aromatic nitrogens is 1. The van der Waals surface area contributed by atoms with Crippen LogP contribution in [0.4, 0.5) is 5.69 Å². The monoisotopic (exact) mass is 501 g/mol. The quantitative estimate of drug-likeness (QED) is 0.239. The molecule has 0 unspecified atom stereocenters. The highest BCUT2D eigenvalue weighted by Gasteiger charge is 2.20. The Hall–Kier alpha value is -4.42. The van der Waals surface area contributed by atoms with Crippen molar-refractivity contribution in [3.05, 3.63) is 110 Å². The molecule has 188 valence electrons. The summed E-state index contributed by atoms with van der Waals surface area (Å²) in [6.07, 6.45) is 1.03. The largest absolute Gasteiger partial charge is 0.453 e. The maximum Gasteiger partial charge on any atom is 0.196 e. The van der Waals surface area contributed by atoms with E-state index < -0.39 is 0 Å². The second kappa shape index (κ2) is 8.85. The predicted octanol–water partition coefficient (Wildman–Crippen LogP) is 5.72. The van der Waals surface area contributed by atoms with Crippen molar-refractivity contribution in [2.45, 2.75) is 19.9 Å². The van der Waals surface area contributed by atoms with Crippen molar-refractivity contribution in [3.8, 4) is 0 Å². The lowest BCUT2D eigenvalue weighted by molar-refractivity contribution is 0.264. The zero-order valence-electron chi connectivity index (χ0n) is 21.1. The molecule has 0 atom stereocenters. The first-order valence-corrected chi connectivity index (χ1v) is 13.0. The van der Waals surface area contributed by atoms with Gasteiger partial charge in [0.2, 0.25) is 0 Å². The van der Waals surface area contributed by atoms with Gasteiger partial charge in [-0.3, -0.25) is 14.5 Å². The number of aromatic amines is 1. The van der Waals surface area contributed by atoms with Gasteiger partial charge in [-0.25, -0.2) is 0 Å². The van der Waals surface area contributed by atoms with Gasteiger partial charge in [-0.15, -0.1) is 0 Å². The summed E-state index contributed by atoms with van der Waals surface area (Å²) >= 11 is 0. The fourth-order valence-corrected chi connectivity index (χ4v) is 5.79. The summed E-state index contributed by atoms with van der Waals surface area (Å²) in [4.78, 5) is 33.4. The maximum absolute atomic E-state index is 13.8. The lowest BCUT2D eigenvalue weighted by Crippen LogP contribution is -2.34. The molecule has 0 amide bonds. The zero-order valence-corrected chi connectivity index (χ0v) is 21.1. The molecule has 6 nitrogen and oxygen atoms in total. The van der Waals surface area contributed by atoms with Crippen molar-refractivity contribution in [2.24, 2.45) is 0 Å². The molecule has 0 saturated heterocycles. The molecule has 0 aliphatic carbocycles. The van der Waals surface area contributed by atoms with Crippen molar-refractivity contribution >= 4 is 49.4 Å².